The van der Waals surface area contributed by atoms with Crippen LogP contribution in [0.15, 0.2) is 24.3 Å². The molecule has 2 fully saturated rings. The highest BCUT2D eigenvalue weighted by Crippen LogP contribution is 2.53. The molecule has 0 unspecified atom stereocenters. The number of benzene rings is 1. The first-order chi connectivity index (χ1) is 10.8. The van der Waals surface area contributed by atoms with Gasteiger partial charge in [0.05, 0.1) is 0 Å². The molecule has 6 heteroatoms. The van der Waals surface area contributed by atoms with Crippen molar-refractivity contribution in [2.75, 3.05) is 6.54 Å². The Morgan fingerprint density at radius 3 is 2.39 bits per heavy atom. The van der Waals surface area contributed by atoms with Gasteiger partial charge in [-0.15, -0.1) is 23.2 Å². The van der Waals surface area contributed by atoms with Gasteiger partial charge >= 0.3 is 6.03 Å². The van der Waals surface area contributed by atoms with Crippen molar-refractivity contribution in [1.29, 1.82) is 0 Å². The summed E-state index contributed by atoms with van der Waals surface area (Å²) in [7, 11) is 0. The summed E-state index contributed by atoms with van der Waals surface area (Å²) in [4.78, 5) is 26.2. The van der Waals surface area contributed by atoms with E-state index in [1.54, 1.807) is 6.92 Å². The Hall–Kier alpha value is -1.26. The fourth-order valence-corrected chi connectivity index (χ4v) is 3.55. The molecule has 124 valence electrons. The number of rotatable bonds is 5. The van der Waals surface area contributed by atoms with Gasteiger partial charge in [-0.1, -0.05) is 37.6 Å². The van der Waals surface area contributed by atoms with Crippen LogP contribution in [0.5, 0.6) is 0 Å². The van der Waals surface area contributed by atoms with Gasteiger partial charge in [-0.2, -0.15) is 0 Å². The normalized spacial score (nSPS) is 28.9. The third-order valence-electron chi connectivity index (χ3n) is 4.70. The second-order valence-corrected chi connectivity index (χ2v) is 8.12. The van der Waals surface area contributed by atoms with Crippen molar-refractivity contribution in [1.82, 2.24) is 10.2 Å². The first-order valence-corrected chi connectivity index (χ1v) is 8.65. The number of carbonyl (C=O) groups is 2. The number of carbonyl (C=O) groups excluding carboxylic acids is 2. The van der Waals surface area contributed by atoms with Crippen LogP contribution in [0.3, 0.4) is 0 Å². The lowest BCUT2D eigenvalue weighted by Gasteiger charge is -2.22. The van der Waals surface area contributed by atoms with Crippen LogP contribution >= 0.6 is 23.2 Å². The van der Waals surface area contributed by atoms with Crippen LogP contribution in [0.2, 0.25) is 0 Å². The van der Waals surface area contributed by atoms with Gasteiger partial charge in [0.1, 0.15) is 9.87 Å². The first-order valence-electron chi connectivity index (χ1n) is 7.89. The van der Waals surface area contributed by atoms with Crippen LogP contribution < -0.4 is 5.32 Å². The second kappa shape index (κ2) is 5.67. The number of hydrogen-bond acceptors (Lipinski definition) is 2. The lowest BCUT2D eigenvalue weighted by molar-refractivity contribution is -0.131. The van der Waals surface area contributed by atoms with Gasteiger partial charge in [0.15, 0.2) is 0 Å². The van der Waals surface area contributed by atoms with E-state index in [0.717, 1.165) is 18.4 Å². The average Bonchev–Trinajstić information content (AvgIpc) is 3.04. The highest BCUT2D eigenvalue weighted by Gasteiger charge is 2.56. The van der Waals surface area contributed by atoms with Crippen molar-refractivity contribution in [3.8, 4) is 0 Å². The van der Waals surface area contributed by atoms with Crippen molar-refractivity contribution in [2.24, 2.45) is 5.92 Å². The number of halogens is 2. The van der Waals surface area contributed by atoms with E-state index in [4.69, 9.17) is 23.2 Å². The van der Waals surface area contributed by atoms with Gasteiger partial charge in [0.25, 0.3) is 5.91 Å². The number of alkyl halides is 2. The third-order valence-corrected chi connectivity index (χ3v) is 5.63. The third kappa shape index (κ3) is 2.94. The van der Waals surface area contributed by atoms with Crippen LogP contribution in [0.1, 0.15) is 37.8 Å². The van der Waals surface area contributed by atoms with Crippen molar-refractivity contribution >= 4 is 35.1 Å². The standard InChI is InChI=1S/C17H20Cl2N2O2/c1-3-4-11-5-7-12(8-6-11)16(2)14(22)21(15(23)20-16)10-13-9-17(13,18)19/h5-8,13H,3-4,9-10H2,1-2H3,(H,20,23)/t13-,16-/m0/s1. The Labute approximate surface area is 146 Å². The van der Waals surface area contributed by atoms with Crippen molar-refractivity contribution in [2.45, 2.75) is 43.0 Å². The lowest BCUT2D eigenvalue weighted by atomic mass is 9.91. The molecule has 1 aliphatic carbocycles. The van der Waals surface area contributed by atoms with Crippen LogP contribution in [-0.2, 0) is 16.8 Å². The molecular weight excluding hydrogens is 335 g/mol. The van der Waals surface area contributed by atoms with E-state index in [1.165, 1.54) is 10.5 Å². The molecule has 3 rings (SSSR count). The largest absolute Gasteiger partial charge is 0.325 e. The van der Waals surface area contributed by atoms with Crippen molar-refractivity contribution in [3.63, 3.8) is 0 Å². The summed E-state index contributed by atoms with van der Waals surface area (Å²) >= 11 is 12.0. The van der Waals surface area contributed by atoms with E-state index in [2.05, 4.69) is 12.2 Å². The minimum Gasteiger partial charge on any atom is -0.319 e. The van der Waals surface area contributed by atoms with Gasteiger partial charge in [0.2, 0.25) is 0 Å². The van der Waals surface area contributed by atoms with Gasteiger partial charge in [-0.05, 0) is 30.9 Å². The Morgan fingerprint density at radius 2 is 1.87 bits per heavy atom. The fraction of sp³-hybridized carbons (Fsp3) is 0.529. The summed E-state index contributed by atoms with van der Waals surface area (Å²) in [5, 5.41) is 2.81. The molecule has 1 aromatic rings. The van der Waals surface area contributed by atoms with Gasteiger partial charge < -0.3 is 5.32 Å². The predicted molar refractivity (Wildman–Crippen MR) is 90.6 cm³/mol. The molecule has 0 spiro atoms. The number of aryl methyl sites for hydroxylation is 1. The molecule has 2 atom stereocenters. The highest BCUT2D eigenvalue weighted by molar-refractivity contribution is 6.50. The van der Waals surface area contributed by atoms with Crippen LogP contribution in [0.4, 0.5) is 4.79 Å². The molecular formula is C17H20Cl2N2O2. The van der Waals surface area contributed by atoms with Crippen LogP contribution in [-0.4, -0.2) is 27.7 Å². The first kappa shape index (κ1) is 16.6. The Balaban J connectivity index is 1.79. The quantitative estimate of drug-likeness (QED) is 0.648. The molecule has 1 aliphatic heterocycles. The van der Waals surface area contributed by atoms with E-state index in [0.29, 0.717) is 6.42 Å². The summed E-state index contributed by atoms with van der Waals surface area (Å²) in [6, 6.07) is 7.46. The minimum absolute atomic E-state index is 0.0465. The van der Waals surface area contributed by atoms with E-state index in [-0.39, 0.29) is 24.4 Å². The smallest absolute Gasteiger partial charge is 0.319 e. The SMILES string of the molecule is CCCc1ccc([C@]2(C)NC(=O)N(C[C@@H]3CC3(Cl)Cl)C2=O)cc1. The maximum absolute atomic E-state index is 12.8. The predicted octanol–water partition coefficient (Wildman–Crippen LogP) is 3.60. The molecule has 1 aromatic carbocycles. The van der Waals surface area contributed by atoms with Crippen molar-refractivity contribution in [3.05, 3.63) is 35.4 Å². The number of nitrogens with zero attached hydrogens (tertiary/aromatic N) is 1. The fourth-order valence-electron chi connectivity index (χ4n) is 3.04. The van der Waals surface area contributed by atoms with Gasteiger partial charge in [0, 0.05) is 12.5 Å². The van der Waals surface area contributed by atoms with Gasteiger partial charge in [-0.25, -0.2) is 4.79 Å². The number of imide groups is 1. The van der Waals surface area contributed by atoms with Crippen LogP contribution in [0.25, 0.3) is 0 Å². The number of hydrogen-bond donors (Lipinski definition) is 1. The molecule has 1 heterocycles. The summed E-state index contributed by atoms with van der Waals surface area (Å²) in [6.07, 6.45) is 2.67. The summed E-state index contributed by atoms with van der Waals surface area (Å²) in [5.74, 6) is -0.295. The van der Waals surface area contributed by atoms with Gasteiger partial charge in [-0.3, -0.25) is 9.69 Å². The molecule has 0 bridgehead atoms. The molecule has 2 aliphatic rings. The monoisotopic (exact) mass is 354 g/mol. The van der Waals surface area contributed by atoms with Crippen molar-refractivity contribution < 1.29 is 9.59 Å². The van der Waals surface area contributed by atoms with E-state index < -0.39 is 9.87 Å². The minimum atomic E-state index is -1.03. The second-order valence-electron chi connectivity index (χ2n) is 6.58. The summed E-state index contributed by atoms with van der Waals surface area (Å²) < 4.78 is -0.804. The maximum atomic E-state index is 12.8. The molecule has 3 amide bonds. The zero-order chi connectivity index (χ0) is 16.8. The Kier molecular flexibility index (Phi) is 4.09. The topological polar surface area (TPSA) is 49.4 Å². The zero-order valence-electron chi connectivity index (χ0n) is 13.2. The van der Waals surface area contributed by atoms with E-state index >= 15 is 0 Å². The zero-order valence-corrected chi connectivity index (χ0v) is 14.7. The molecule has 4 nitrogen and oxygen atoms in total. The molecule has 0 aromatic heterocycles. The Morgan fingerprint density at radius 1 is 1.26 bits per heavy atom. The number of amides is 3. The molecule has 1 N–H and O–H groups in total. The van der Waals surface area contributed by atoms with Crippen LogP contribution in [0, 0.1) is 5.92 Å². The molecule has 0 radical (unpaired) electrons. The summed E-state index contributed by atoms with van der Waals surface area (Å²) in [5.41, 5.74) is 0.982. The molecule has 1 saturated heterocycles. The summed E-state index contributed by atoms with van der Waals surface area (Å²) in [6.45, 7) is 4.13. The Bertz CT molecular complexity index is 644. The number of urea groups is 1. The van der Waals surface area contributed by atoms with E-state index in [1.807, 2.05) is 24.3 Å². The molecule has 1 saturated carbocycles. The average molecular weight is 355 g/mol. The molecule has 23 heavy (non-hydrogen) atoms. The lowest BCUT2D eigenvalue weighted by Crippen LogP contribution is -2.41. The number of nitrogens with one attached hydrogen (secondary N) is 1. The van der Waals surface area contributed by atoms with E-state index in [9.17, 15) is 9.59 Å². The highest BCUT2D eigenvalue weighted by atomic mass is 35.5. The maximum Gasteiger partial charge on any atom is 0.325 e.